The Balaban J connectivity index is 1.79. The summed E-state index contributed by atoms with van der Waals surface area (Å²) in [5, 5.41) is 2.94. The summed E-state index contributed by atoms with van der Waals surface area (Å²) in [6.45, 7) is 8.99. The SMILES string of the molecule is CCC1(OCC(=O)NC2CC2)CCN(C(=O)OC(C)(C)C)CC1. The zero-order chi connectivity index (χ0) is 17.1. The first-order valence-corrected chi connectivity index (χ1v) is 8.64. The van der Waals surface area contributed by atoms with Gasteiger partial charge in [-0.15, -0.1) is 0 Å². The fourth-order valence-corrected chi connectivity index (χ4v) is 2.74. The van der Waals surface area contributed by atoms with E-state index in [0.717, 1.165) is 32.1 Å². The Kier molecular flexibility index (Phi) is 5.55. The van der Waals surface area contributed by atoms with E-state index in [9.17, 15) is 9.59 Å². The first-order valence-electron chi connectivity index (χ1n) is 8.64. The maximum atomic E-state index is 12.1. The first-order chi connectivity index (χ1) is 10.7. The minimum Gasteiger partial charge on any atom is -0.444 e. The molecule has 23 heavy (non-hydrogen) atoms. The zero-order valence-electron chi connectivity index (χ0n) is 14.8. The predicted octanol–water partition coefficient (Wildman–Crippen LogP) is 2.46. The summed E-state index contributed by atoms with van der Waals surface area (Å²) in [6.07, 6.45) is 4.20. The van der Waals surface area contributed by atoms with Gasteiger partial charge in [0.1, 0.15) is 12.2 Å². The lowest BCUT2D eigenvalue weighted by Gasteiger charge is -2.41. The highest BCUT2D eigenvalue weighted by Gasteiger charge is 2.37. The van der Waals surface area contributed by atoms with E-state index in [0.29, 0.717) is 19.1 Å². The molecule has 0 unspecified atom stereocenters. The molecule has 6 heteroatoms. The Hall–Kier alpha value is -1.30. The van der Waals surface area contributed by atoms with Crippen molar-refractivity contribution >= 4 is 12.0 Å². The number of carbonyl (C=O) groups is 2. The second-order valence-electron chi connectivity index (χ2n) is 7.63. The van der Waals surface area contributed by atoms with Crippen LogP contribution in [0.15, 0.2) is 0 Å². The Labute approximate surface area is 138 Å². The average molecular weight is 326 g/mol. The third-order valence-corrected chi connectivity index (χ3v) is 4.42. The van der Waals surface area contributed by atoms with Crippen LogP contribution in [0.1, 0.15) is 59.8 Å². The molecule has 0 radical (unpaired) electrons. The average Bonchev–Trinajstić information content (AvgIpc) is 3.28. The minimum atomic E-state index is -0.478. The van der Waals surface area contributed by atoms with Gasteiger partial charge in [0.05, 0.1) is 5.60 Å². The molecule has 0 aromatic carbocycles. The number of ether oxygens (including phenoxy) is 2. The van der Waals surface area contributed by atoms with Crippen LogP contribution in [-0.2, 0) is 14.3 Å². The molecule has 0 atom stereocenters. The van der Waals surface area contributed by atoms with Crippen molar-refractivity contribution in [3.8, 4) is 0 Å². The number of carbonyl (C=O) groups excluding carboxylic acids is 2. The minimum absolute atomic E-state index is 0.0325. The van der Waals surface area contributed by atoms with E-state index in [2.05, 4.69) is 12.2 Å². The molecule has 0 bridgehead atoms. The molecule has 6 nitrogen and oxygen atoms in total. The second kappa shape index (κ2) is 7.07. The molecule has 1 saturated heterocycles. The van der Waals surface area contributed by atoms with Gasteiger partial charge >= 0.3 is 6.09 Å². The fraction of sp³-hybridized carbons (Fsp3) is 0.882. The maximum absolute atomic E-state index is 12.1. The van der Waals surface area contributed by atoms with Crippen LogP contribution in [0.4, 0.5) is 4.79 Å². The van der Waals surface area contributed by atoms with Crippen LogP contribution in [0.25, 0.3) is 0 Å². The lowest BCUT2D eigenvalue weighted by atomic mass is 9.88. The maximum Gasteiger partial charge on any atom is 0.410 e. The molecule has 2 rings (SSSR count). The number of nitrogens with zero attached hydrogens (tertiary/aromatic N) is 1. The summed E-state index contributed by atoms with van der Waals surface area (Å²) in [6, 6.07) is 0.359. The summed E-state index contributed by atoms with van der Waals surface area (Å²) in [5.41, 5.74) is -0.785. The number of hydrogen-bond acceptors (Lipinski definition) is 4. The molecule has 1 aliphatic heterocycles. The zero-order valence-corrected chi connectivity index (χ0v) is 14.8. The van der Waals surface area contributed by atoms with Crippen LogP contribution in [0.3, 0.4) is 0 Å². The van der Waals surface area contributed by atoms with Crippen molar-refractivity contribution in [2.45, 2.75) is 77.0 Å². The number of piperidine rings is 1. The van der Waals surface area contributed by atoms with Crippen molar-refractivity contribution in [1.82, 2.24) is 10.2 Å². The monoisotopic (exact) mass is 326 g/mol. The summed E-state index contributed by atoms with van der Waals surface area (Å²) in [7, 11) is 0. The number of nitrogens with one attached hydrogen (secondary N) is 1. The molecule has 132 valence electrons. The highest BCUT2D eigenvalue weighted by Crippen LogP contribution is 2.30. The molecule has 1 saturated carbocycles. The van der Waals surface area contributed by atoms with Gasteiger partial charge in [-0.3, -0.25) is 4.79 Å². The molecule has 0 aromatic heterocycles. The standard InChI is InChI=1S/C17H30N2O4/c1-5-17(22-12-14(20)18-13-6-7-13)8-10-19(11-9-17)15(21)23-16(2,3)4/h13H,5-12H2,1-4H3,(H,18,20). The number of likely N-dealkylation sites (tertiary alicyclic amines) is 1. The van der Waals surface area contributed by atoms with Crippen molar-refractivity contribution in [3.05, 3.63) is 0 Å². The Morgan fingerprint density at radius 1 is 1.22 bits per heavy atom. The molecular formula is C17H30N2O4. The Morgan fingerprint density at radius 2 is 1.83 bits per heavy atom. The molecule has 1 heterocycles. The predicted molar refractivity (Wildman–Crippen MR) is 87.2 cm³/mol. The van der Waals surface area contributed by atoms with E-state index in [4.69, 9.17) is 9.47 Å². The Bertz CT molecular complexity index is 432. The van der Waals surface area contributed by atoms with Crippen molar-refractivity contribution in [1.29, 1.82) is 0 Å². The van der Waals surface area contributed by atoms with Crippen LogP contribution in [-0.4, -0.2) is 53.8 Å². The normalized spacial score (nSPS) is 21.0. The van der Waals surface area contributed by atoms with Gasteiger partial charge in [0.15, 0.2) is 0 Å². The summed E-state index contributed by atoms with van der Waals surface area (Å²) in [5.74, 6) is -0.0325. The number of rotatable bonds is 5. The van der Waals surface area contributed by atoms with Crippen molar-refractivity contribution in [3.63, 3.8) is 0 Å². The molecule has 1 N–H and O–H groups in total. The van der Waals surface area contributed by atoms with Crippen molar-refractivity contribution in [2.24, 2.45) is 0 Å². The second-order valence-corrected chi connectivity index (χ2v) is 7.63. The molecule has 2 fully saturated rings. The van der Waals surface area contributed by atoms with Crippen molar-refractivity contribution < 1.29 is 19.1 Å². The van der Waals surface area contributed by atoms with Gasteiger partial charge < -0.3 is 19.7 Å². The van der Waals surface area contributed by atoms with Crippen LogP contribution >= 0.6 is 0 Å². The topological polar surface area (TPSA) is 67.9 Å². The number of amides is 2. The van der Waals surface area contributed by atoms with E-state index < -0.39 is 5.60 Å². The highest BCUT2D eigenvalue weighted by molar-refractivity contribution is 5.77. The Morgan fingerprint density at radius 3 is 2.30 bits per heavy atom. The van der Waals surface area contributed by atoms with Crippen LogP contribution in [0, 0.1) is 0 Å². The lowest BCUT2D eigenvalue weighted by molar-refractivity contribution is -0.138. The summed E-state index contributed by atoms with van der Waals surface area (Å²) in [4.78, 5) is 25.6. The molecule has 0 spiro atoms. The highest BCUT2D eigenvalue weighted by atomic mass is 16.6. The fourth-order valence-electron chi connectivity index (χ4n) is 2.74. The molecule has 0 aromatic rings. The summed E-state index contributed by atoms with van der Waals surface area (Å²) >= 11 is 0. The van der Waals surface area contributed by atoms with E-state index in [-0.39, 0.29) is 24.2 Å². The van der Waals surface area contributed by atoms with E-state index >= 15 is 0 Å². The van der Waals surface area contributed by atoms with E-state index in [1.807, 2.05) is 20.8 Å². The molecule has 1 aliphatic carbocycles. The van der Waals surface area contributed by atoms with E-state index in [1.54, 1.807) is 4.90 Å². The third-order valence-electron chi connectivity index (χ3n) is 4.42. The van der Waals surface area contributed by atoms with Gasteiger partial charge in [-0.2, -0.15) is 0 Å². The first kappa shape index (κ1) is 18.0. The van der Waals surface area contributed by atoms with Crippen LogP contribution in [0.5, 0.6) is 0 Å². The van der Waals surface area contributed by atoms with Gasteiger partial charge in [-0.25, -0.2) is 4.79 Å². The van der Waals surface area contributed by atoms with Crippen LogP contribution in [0.2, 0.25) is 0 Å². The largest absolute Gasteiger partial charge is 0.444 e. The lowest BCUT2D eigenvalue weighted by Crippen LogP contribution is -2.50. The van der Waals surface area contributed by atoms with E-state index in [1.165, 1.54) is 0 Å². The number of hydrogen-bond donors (Lipinski definition) is 1. The third kappa shape index (κ3) is 5.68. The quantitative estimate of drug-likeness (QED) is 0.843. The molecular weight excluding hydrogens is 296 g/mol. The molecule has 2 aliphatic rings. The van der Waals surface area contributed by atoms with Gasteiger partial charge in [-0.1, -0.05) is 6.92 Å². The van der Waals surface area contributed by atoms with Gasteiger partial charge in [0, 0.05) is 19.1 Å². The van der Waals surface area contributed by atoms with Crippen molar-refractivity contribution in [2.75, 3.05) is 19.7 Å². The van der Waals surface area contributed by atoms with Gasteiger partial charge in [0.25, 0.3) is 0 Å². The van der Waals surface area contributed by atoms with Gasteiger partial charge in [0.2, 0.25) is 5.91 Å². The molecule has 2 amide bonds. The summed E-state index contributed by atoms with van der Waals surface area (Å²) < 4.78 is 11.4. The van der Waals surface area contributed by atoms with Crippen LogP contribution < -0.4 is 5.32 Å². The van der Waals surface area contributed by atoms with Gasteiger partial charge in [-0.05, 0) is 52.9 Å². The smallest absolute Gasteiger partial charge is 0.410 e.